The first-order chi connectivity index (χ1) is 9.97. The smallest absolute Gasteiger partial charge is 0.256 e. The molecule has 21 heavy (non-hydrogen) atoms. The molecule has 5 nitrogen and oxygen atoms in total. The van der Waals surface area contributed by atoms with E-state index in [1.807, 2.05) is 26.8 Å². The van der Waals surface area contributed by atoms with Gasteiger partial charge in [-0.1, -0.05) is 17.7 Å². The standard InChI is InChI=1S/C15H15ClN4O/c1-8-5-9(2)10(3)12(6-8)21-14-11(4)13(16)19-15-17-7-18-20(14)15/h5-7H,1-4H3. The van der Waals surface area contributed by atoms with Crippen LogP contribution in [0, 0.1) is 27.7 Å². The molecule has 0 aliphatic carbocycles. The van der Waals surface area contributed by atoms with Crippen LogP contribution in [0.15, 0.2) is 18.5 Å². The van der Waals surface area contributed by atoms with Gasteiger partial charge in [-0.05, 0) is 50.5 Å². The Kier molecular flexibility index (Phi) is 3.29. The van der Waals surface area contributed by atoms with Crippen LogP contribution in [0.1, 0.15) is 22.3 Å². The van der Waals surface area contributed by atoms with Crippen molar-refractivity contribution >= 4 is 17.4 Å². The van der Waals surface area contributed by atoms with Crippen molar-refractivity contribution in [3.63, 3.8) is 0 Å². The minimum Gasteiger partial charge on any atom is -0.438 e. The number of hydrogen-bond acceptors (Lipinski definition) is 4. The Hall–Kier alpha value is -2.14. The molecule has 0 unspecified atom stereocenters. The Labute approximate surface area is 127 Å². The third kappa shape index (κ3) is 2.34. The largest absolute Gasteiger partial charge is 0.438 e. The molecule has 6 heteroatoms. The first kappa shape index (κ1) is 13.8. The number of ether oxygens (including phenoxy) is 1. The van der Waals surface area contributed by atoms with Crippen molar-refractivity contribution in [1.29, 1.82) is 0 Å². The minimum absolute atomic E-state index is 0.368. The van der Waals surface area contributed by atoms with Crippen LogP contribution < -0.4 is 4.74 Å². The fourth-order valence-electron chi connectivity index (χ4n) is 2.20. The van der Waals surface area contributed by atoms with E-state index in [2.05, 4.69) is 28.1 Å². The second kappa shape index (κ2) is 5.00. The number of aryl methyl sites for hydroxylation is 2. The van der Waals surface area contributed by atoms with E-state index < -0.39 is 0 Å². The van der Waals surface area contributed by atoms with Gasteiger partial charge in [-0.15, -0.1) is 0 Å². The van der Waals surface area contributed by atoms with E-state index in [9.17, 15) is 0 Å². The van der Waals surface area contributed by atoms with E-state index in [0.717, 1.165) is 22.4 Å². The van der Waals surface area contributed by atoms with E-state index in [4.69, 9.17) is 16.3 Å². The van der Waals surface area contributed by atoms with Gasteiger partial charge in [0.2, 0.25) is 5.88 Å². The van der Waals surface area contributed by atoms with E-state index in [1.54, 1.807) is 4.52 Å². The molecule has 1 aromatic carbocycles. The summed E-state index contributed by atoms with van der Waals surface area (Å²) < 4.78 is 7.64. The molecule has 0 spiro atoms. The zero-order valence-corrected chi connectivity index (χ0v) is 13.1. The lowest BCUT2D eigenvalue weighted by Gasteiger charge is -2.14. The molecule has 0 radical (unpaired) electrons. The Balaban J connectivity index is 2.18. The summed E-state index contributed by atoms with van der Waals surface area (Å²) in [7, 11) is 0. The third-order valence-corrected chi connectivity index (χ3v) is 3.89. The van der Waals surface area contributed by atoms with Gasteiger partial charge in [0.15, 0.2) is 0 Å². The maximum atomic E-state index is 6.15. The fourth-order valence-corrected chi connectivity index (χ4v) is 2.36. The molecule has 3 rings (SSSR count). The molecule has 2 aromatic heterocycles. The lowest BCUT2D eigenvalue weighted by molar-refractivity contribution is 0.438. The van der Waals surface area contributed by atoms with Crippen LogP contribution in [0.5, 0.6) is 11.6 Å². The first-order valence-corrected chi connectivity index (χ1v) is 6.96. The zero-order chi connectivity index (χ0) is 15.1. The second-order valence-corrected chi connectivity index (χ2v) is 5.47. The monoisotopic (exact) mass is 302 g/mol. The molecular weight excluding hydrogens is 288 g/mol. The summed E-state index contributed by atoms with van der Waals surface area (Å²) in [5.74, 6) is 1.74. The van der Waals surface area contributed by atoms with Gasteiger partial charge < -0.3 is 4.74 Å². The van der Waals surface area contributed by atoms with Gasteiger partial charge in [0, 0.05) is 5.56 Å². The average molecular weight is 303 g/mol. The first-order valence-electron chi connectivity index (χ1n) is 6.59. The van der Waals surface area contributed by atoms with Crippen LogP contribution in [0.2, 0.25) is 5.15 Å². The highest BCUT2D eigenvalue weighted by Gasteiger charge is 2.16. The number of aromatic nitrogens is 4. The summed E-state index contributed by atoms with van der Waals surface area (Å²) in [6, 6.07) is 4.12. The van der Waals surface area contributed by atoms with E-state index in [0.29, 0.717) is 16.8 Å². The van der Waals surface area contributed by atoms with Crippen molar-refractivity contribution in [3.8, 4) is 11.6 Å². The highest BCUT2D eigenvalue weighted by Crippen LogP contribution is 2.32. The number of nitrogens with zero attached hydrogens (tertiary/aromatic N) is 4. The van der Waals surface area contributed by atoms with Gasteiger partial charge in [-0.2, -0.15) is 19.6 Å². The highest BCUT2D eigenvalue weighted by atomic mass is 35.5. The molecule has 0 saturated heterocycles. The average Bonchev–Trinajstić information content (AvgIpc) is 2.88. The lowest BCUT2D eigenvalue weighted by atomic mass is 10.1. The van der Waals surface area contributed by atoms with E-state index in [1.165, 1.54) is 11.9 Å². The number of fused-ring (bicyclic) bond motifs is 1. The molecule has 0 aliphatic rings. The number of benzene rings is 1. The molecule has 0 saturated carbocycles. The van der Waals surface area contributed by atoms with Crippen LogP contribution in [0.25, 0.3) is 5.78 Å². The normalized spacial score (nSPS) is 11.1. The van der Waals surface area contributed by atoms with Gasteiger partial charge in [-0.3, -0.25) is 0 Å². The topological polar surface area (TPSA) is 52.3 Å². The molecule has 0 bridgehead atoms. The molecule has 2 heterocycles. The summed E-state index contributed by atoms with van der Waals surface area (Å²) in [5.41, 5.74) is 4.13. The van der Waals surface area contributed by atoms with Crippen molar-refractivity contribution in [3.05, 3.63) is 45.9 Å². The molecule has 0 amide bonds. The van der Waals surface area contributed by atoms with Crippen LogP contribution in [-0.2, 0) is 0 Å². The predicted molar refractivity (Wildman–Crippen MR) is 81.3 cm³/mol. The third-order valence-electron chi connectivity index (χ3n) is 3.52. The van der Waals surface area contributed by atoms with Gasteiger partial charge in [0.1, 0.15) is 17.2 Å². The van der Waals surface area contributed by atoms with Gasteiger partial charge in [0.25, 0.3) is 5.78 Å². The quantitative estimate of drug-likeness (QED) is 0.676. The molecular formula is C15H15ClN4O. The summed E-state index contributed by atoms with van der Waals surface area (Å²) in [6.07, 6.45) is 1.43. The van der Waals surface area contributed by atoms with Crippen molar-refractivity contribution in [2.24, 2.45) is 0 Å². The summed E-state index contributed by atoms with van der Waals surface area (Å²) >= 11 is 6.15. The molecule has 108 valence electrons. The minimum atomic E-state index is 0.368. The maximum Gasteiger partial charge on any atom is 0.256 e. The highest BCUT2D eigenvalue weighted by molar-refractivity contribution is 6.30. The lowest BCUT2D eigenvalue weighted by Crippen LogP contribution is -2.03. The van der Waals surface area contributed by atoms with Crippen molar-refractivity contribution in [1.82, 2.24) is 19.6 Å². The van der Waals surface area contributed by atoms with Crippen molar-refractivity contribution in [2.75, 3.05) is 0 Å². The predicted octanol–water partition coefficient (Wildman–Crippen LogP) is 3.80. The van der Waals surface area contributed by atoms with Gasteiger partial charge in [0.05, 0.1) is 0 Å². The van der Waals surface area contributed by atoms with Crippen LogP contribution in [0.4, 0.5) is 0 Å². The SMILES string of the molecule is Cc1cc(C)c(C)c(Oc2c(C)c(Cl)nc3ncnn23)c1. The van der Waals surface area contributed by atoms with Crippen molar-refractivity contribution < 1.29 is 4.74 Å². The molecule has 3 aromatic rings. The number of rotatable bonds is 2. The van der Waals surface area contributed by atoms with Gasteiger partial charge >= 0.3 is 0 Å². The van der Waals surface area contributed by atoms with Crippen molar-refractivity contribution in [2.45, 2.75) is 27.7 Å². The molecule has 0 aliphatic heterocycles. The number of hydrogen-bond donors (Lipinski definition) is 0. The van der Waals surface area contributed by atoms with E-state index >= 15 is 0 Å². The number of halogens is 1. The van der Waals surface area contributed by atoms with Crippen LogP contribution >= 0.6 is 11.6 Å². The Morgan fingerprint density at radius 2 is 1.86 bits per heavy atom. The Bertz CT molecular complexity index is 841. The Morgan fingerprint density at radius 1 is 1.10 bits per heavy atom. The van der Waals surface area contributed by atoms with Crippen LogP contribution in [-0.4, -0.2) is 19.6 Å². The molecule has 0 N–H and O–H groups in total. The summed E-state index contributed by atoms with van der Waals surface area (Å²) in [5, 5.41) is 4.52. The maximum absolute atomic E-state index is 6.15. The van der Waals surface area contributed by atoms with Gasteiger partial charge in [-0.25, -0.2) is 0 Å². The van der Waals surface area contributed by atoms with Crippen LogP contribution in [0.3, 0.4) is 0 Å². The fraction of sp³-hybridized carbons (Fsp3) is 0.267. The summed E-state index contributed by atoms with van der Waals surface area (Å²) in [4.78, 5) is 8.23. The zero-order valence-electron chi connectivity index (χ0n) is 12.3. The molecule has 0 atom stereocenters. The second-order valence-electron chi connectivity index (χ2n) is 5.11. The Morgan fingerprint density at radius 3 is 2.62 bits per heavy atom. The van der Waals surface area contributed by atoms with E-state index in [-0.39, 0.29) is 0 Å². The molecule has 0 fully saturated rings. The summed E-state index contributed by atoms with van der Waals surface area (Å²) in [6.45, 7) is 7.98.